The zero-order valence-corrected chi connectivity index (χ0v) is 31.5. The van der Waals surface area contributed by atoms with E-state index >= 15 is 0 Å². The normalized spacial score (nSPS) is 14.6. The van der Waals surface area contributed by atoms with Crippen LogP contribution in [0, 0.1) is 0 Å². The summed E-state index contributed by atoms with van der Waals surface area (Å²) in [6.07, 6.45) is 46.4. The maximum atomic E-state index is 12.4. The molecule has 0 radical (unpaired) electrons. The number of carbonyl (C=O) groups is 1. The number of phosphoric acid groups is 1. The lowest BCUT2D eigenvalue weighted by atomic mass is 10.1. The number of phosphoric ester groups is 1. The third kappa shape index (κ3) is 36.8. The summed E-state index contributed by atoms with van der Waals surface area (Å²) in [6, 6.07) is 0. The van der Waals surface area contributed by atoms with Crippen LogP contribution in [0.5, 0.6) is 0 Å². The van der Waals surface area contributed by atoms with Crippen molar-refractivity contribution in [2.75, 3.05) is 33.0 Å². The summed E-state index contributed by atoms with van der Waals surface area (Å²) < 4.78 is 33.0. The molecule has 3 N–H and O–H groups in total. The number of ether oxygens (including phenoxy) is 2. The molecule has 9 heteroatoms. The molecule has 0 aliphatic rings. The van der Waals surface area contributed by atoms with Gasteiger partial charge in [0, 0.05) is 19.6 Å². The highest BCUT2D eigenvalue weighted by atomic mass is 31.2. The number of hydrogen-bond donors (Lipinski definition) is 2. The number of unbranched alkanes of at least 4 members (excludes halogenated alkanes) is 7. The third-order valence-electron chi connectivity index (χ3n) is 7.08. The molecule has 0 aromatic heterocycles. The van der Waals surface area contributed by atoms with Crippen LogP contribution in [0.2, 0.25) is 0 Å². The van der Waals surface area contributed by atoms with E-state index in [4.69, 9.17) is 24.3 Å². The fourth-order valence-corrected chi connectivity index (χ4v) is 5.15. The maximum Gasteiger partial charge on any atom is 0.472 e. The van der Waals surface area contributed by atoms with E-state index in [-0.39, 0.29) is 32.3 Å². The molecule has 0 aliphatic heterocycles. The average molecular weight is 706 g/mol. The Labute approximate surface area is 298 Å². The number of hydrogen-bond acceptors (Lipinski definition) is 7. The van der Waals surface area contributed by atoms with E-state index < -0.39 is 13.9 Å². The topological polar surface area (TPSA) is 117 Å². The van der Waals surface area contributed by atoms with E-state index in [0.717, 1.165) is 83.5 Å². The molecule has 0 spiro atoms. The minimum Gasteiger partial charge on any atom is -0.457 e. The Balaban J connectivity index is 4.08. The van der Waals surface area contributed by atoms with Crippen molar-refractivity contribution in [3.05, 3.63) is 85.1 Å². The van der Waals surface area contributed by atoms with Crippen LogP contribution >= 0.6 is 7.82 Å². The Morgan fingerprint density at radius 1 is 0.633 bits per heavy atom. The van der Waals surface area contributed by atoms with Crippen molar-refractivity contribution >= 4 is 13.8 Å². The van der Waals surface area contributed by atoms with E-state index in [9.17, 15) is 14.3 Å². The summed E-state index contributed by atoms with van der Waals surface area (Å²) >= 11 is 0. The Kier molecular flexibility index (Phi) is 35.2. The second-order valence-corrected chi connectivity index (χ2v) is 13.2. The van der Waals surface area contributed by atoms with Crippen LogP contribution in [0.3, 0.4) is 0 Å². The number of esters is 1. The Morgan fingerprint density at radius 2 is 1.14 bits per heavy atom. The van der Waals surface area contributed by atoms with Crippen LogP contribution in [-0.4, -0.2) is 49.9 Å². The van der Waals surface area contributed by atoms with Crippen molar-refractivity contribution in [1.82, 2.24) is 0 Å². The molecule has 49 heavy (non-hydrogen) atoms. The van der Waals surface area contributed by atoms with Crippen molar-refractivity contribution in [2.24, 2.45) is 5.73 Å². The highest BCUT2D eigenvalue weighted by Gasteiger charge is 2.25. The third-order valence-corrected chi connectivity index (χ3v) is 8.06. The molecule has 0 saturated carbocycles. The molecule has 0 aromatic carbocycles. The van der Waals surface area contributed by atoms with Crippen LogP contribution in [0.15, 0.2) is 85.1 Å². The number of allylic oxidation sites excluding steroid dienone is 14. The summed E-state index contributed by atoms with van der Waals surface area (Å²) in [5.74, 6) is -0.361. The SMILES string of the molecule is CC/C=C\C/C=C\C/C=C\C/C=C\C/C=C\C/C=C\C/C=C\CCCCOCC(COP(=O)(O)OCCN)OC(=O)CCCCCCCC. The maximum absolute atomic E-state index is 12.4. The summed E-state index contributed by atoms with van der Waals surface area (Å²) in [5.41, 5.74) is 5.33. The fourth-order valence-electron chi connectivity index (χ4n) is 4.39. The first-order valence-electron chi connectivity index (χ1n) is 18.6. The average Bonchev–Trinajstić information content (AvgIpc) is 3.09. The molecule has 0 bridgehead atoms. The Bertz CT molecular complexity index is 1020. The second-order valence-electron chi connectivity index (χ2n) is 11.7. The zero-order valence-electron chi connectivity index (χ0n) is 30.6. The van der Waals surface area contributed by atoms with E-state index in [1.807, 2.05) is 0 Å². The van der Waals surface area contributed by atoms with Crippen molar-refractivity contribution in [2.45, 2.75) is 129 Å². The molecule has 0 saturated heterocycles. The van der Waals surface area contributed by atoms with Gasteiger partial charge in [-0.3, -0.25) is 13.8 Å². The lowest BCUT2D eigenvalue weighted by Gasteiger charge is -2.20. The Morgan fingerprint density at radius 3 is 1.67 bits per heavy atom. The molecule has 280 valence electrons. The van der Waals surface area contributed by atoms with Crippen molar-refractivity contribution in [3.8, 4) is 0 Å². The quantitative estimate of drug-likeness (QED) is 0.0294. The van der Waals surface area contributed by atoms with Crippen molar-refractivity contribution in [3.63, 3.8) is 0 Å². The highest BCUT2D eigenvalue weighted by Crippen LogP contribution is 2.43. The zero-order chi connectivity index (χ0) is 35.9. The molecule has 0 rings (SSSR count). The van der Waals surface area contributed by atoms with Gasteiger partial charge in [0.05, 0.1) is 19.8 Å². The summed E-state index contributed by atoms with van der Waals surface area (Å²) in [6.45, 7) is 4.58. The van der Waals surface area contributed by atoms with Gasteiger partial charge >= 0.3 is 13.8 Å². The molecular weight excluding hydrogens is 637 g/mol. The summed E-state index contributed by atoms with van der Waals surface area (Å²) in [7, 11) is -4.28. The van der Waals surface area contributed by atoms with E-state index in [1.54, 1.807) is 0 Å². The molecule has 0 aliphatic carbocycles. The van der Waals surface area contributed by atoms with Crippen molar-refractivity contribution in [1.29, 1.82) is 0 Å². The fraction of sp³-hybridized carbons (Fsp3) is 0.625. The van der Waals surface area contributed by atoms with E-state index in [2.05, 4.69) is 98.9 Å². The Hall–Kier alpha value is -2.32. The molecular formula is C40H68NO7P. The molecule has 2 atom stereocenters. The molecule has 2 unspecified atom stereocenters. The van der Waals surface area contributed by atoms with Gasteiger partial charge < -0.3 is 20.1 Å². The second kappa shape index (κ2) is 36.9. The van der Waals surface area contributed by atoms with E-state index in [0.29, 0.717) is 13.0 Å². The largest absolute Gasteiger partial charge is 0.472 e. The smallest absolute Gasteiger partial charge is 0.457 e. The molecule has 0 fully saturated rings. The molecule has 0 heterocycles. The number of carbonyl (C=O) groups excluding carboxylic acids is 1. The molecule has 8 nitrogen and oxygen atoms in total. The van der Waals surface area contributed by atoms with Gasteiger partial charge in [-0.1, -0.05) is 131 Å². The minimum atomic E-state index is -4.28. The van der Waals surface area contributed by atoms with Crippen LogP contribution in [0.1, 0.15) is 123 Å². The van der Waals surface area contributed by atoms with Gasteiger partial charge in [0.15, 0.2) is 0 Å². The summed E-state index contributed by atoms with van der Waals surface area (Å²) in [5, 5.41) is 0. The minimum absolute atomic E-state index is 0.0810. The van der Waals surface area contributed by atoms with Gasteiger partial charge in [-0.15, -0.1) is 0 Å². The monoisotopic (exact) mass is 705 g/mol. The molecule has 0 aromatic rings. The number of rotatable bonds is 34. The van der Waals surface area contributed by atoms with Gasteiger partial charge in [0.2, 0.25) is 0 Å². The van der Waals surface area contributed by atoms with Crippen LogP contribution in [0.4, 0.5) is 0 Å². The highest BCUT2D eigenvalue weighted by molar-refractivity contribution is 7.47. The molecule has 0 amide bonds. The first-order valence-corrected chi connectivity index (χ1v) is 20.1. The van der Waals surface area contributed by atoms with Crippen molar-refractivity contribution < 1.29 is 32.8 Å². The van der Waals surface area contributed by atoms with Crippen LogP contribution in [0.25, 0.3) is 0 Å². The van der Waals surface area contributed by atoms with E-state index in [1.165, 1.54) is 19.3 Å². The van der Waals surface area contributed by atoms with Crippen LogP contribution in [-0.2, 0) is 27.9 Å². The predicted molar refractivity (Wildman–Crippen MR) is 205 cm³/mol. The van der Waals surface area contributed by atoms with Gasteiger partial charge in [0.1, 0.15) is 6.10 Å². The van der Waals surface area contributed by atoms with Crippen LogP contribution < -0.4 is 5.73 Å². The van der Waals surface area contributed by atoms with Gasteiger partial charge in [-0.05, 0) is 70.6 Å². The number of nitrogens with two attached hydrogens (primary N) is 1. The van der Waals surface area contributed by atoms with Gasteiger partial charge in [0.25, 0.3) is 0 Å². The standard InChI is InChI=1S/C40H68NO7P/c1-3-5-7-9-11-12-13-14-15-16-17-18-19-20-21-22-23-24-25-26-27-28-30-32-35-45-37-39(38-47-49(43,44)46-36-34-41)48-40(42)33-31-29-10-8-6-4-2/h5,7,11-12,14-15,17-18,20-21,23-24,26-27,39H,3-4,6,8-10,13,16,19,22,25,28-38,41H2,1-2H3,(H,43,44)/b7-5-,12-11-,15-14-,18-17-,21-20-,24-23-,27-26-. The van der Waals surface area contributed by atoms with Gasteiger partial charge in [-0.25, -0.2) is 4.57 Å². The first kappa shape index (κ1) is 46.7. The lowest BCUT2D eigenvalue weighted by Crippen LogP contribution is -2.28. The predicted octanol–water partition coefficient (Wildman–Crippen LogP) is 10.6. The lowest BCUT2D eigenvalue weighted by molar-refractivity contribution is -0.154. The summed E-state index contributed by atoms with van der Waals surface area (Å²) in [4.78, 5) is 22.1. The first-order chi connectivity index (χ1) is 23.9. The van der Waals surface area contributed by atoms with Gasteiger partial charge in [-0.2, -0.15) is 0 Å².